The van der Waals surface area contributed by atoms with Gasteiger partial charge in [0.1, 0.15) is 11.1 Å². The maximum Gasteiger partial charge on any atom is 0.200 e. The number of para-hydroxylation sites is 2. The monoisotopic (exact) mass is 304 g/mol. The first kappa shape index (κ1) is 11.3. The predicted molar refractivity (Wildman–Crippen MR) is 74.4 cm³/mol. The molecule has 0 aliphatic carbocycles. The van der Waals surface area contributed by atoms with Crippen LogP contribution in [0.5, 0.6) is 5.75 Å². The first-order valence-electron chi connectivity index (χ1n) is 5.44. The van der Waals surface area contributed by atoms with Crippen LogP contribution in [0.15, 0.2) is 51.7 Å². The Kier molecular flexibility index (Phi) is 2.80. The van der Waals surface area contributed by atoms with E-state index in [1.54, 1.807) is 30.3 Å². The summed E-state index contributed by atoms with van der Waals surface area (Å²) < 4.78 is 11.2. The third kappa shape index (κ3) is 1.69. The number of halogens is 1. The molecule has 0 radical (unpaired) electrons. The Labute approximate surface area is 111 Å². The van der Waals surface area contributed by atoms with Crippen LogP contribution in [-0.2, 0) is 0 Å². The zero-order chi connectivity index (χ0) is 12.5. The standard InChI is InChI=1S/C14H9BrO3/c15-8-17-12-7-3-5-10-13(16)9-4-1-2-6-11(9)18-14(10)12/h1-7H,8H2. The first-order valence-corrected chi connectivity index (χ1v) is 6.57. The molecule has 3 rings (SSSR count). The molecule has 3 aromatic rings. The maximum atomic E-state index is 12.3. The second kappa shape index (κ2) is 4.46. The SMILES string of the molecule is O=c1c2ccccc2oc2c(OCBr)cccc12. The molecular formula is C14H9BrO3. The maximum absolute atomic E-state index is 12.3. The highest BCUT2D eigenvalue weighted by Gasteiger charge is 2.10. The number of rotatable bonds is 2. The van der Waals surface area contributed by atoms with Crippen molar-refractivity contribution in [2.75, 3.05) is 5.52 Å². The summed E-state index contributed by atoms with van der Waals surface area (Å²) >= 11 is 3.20. The molecule has 0 amide bonds. The average molecular weight is 305 g/mol. The van der Waals surface area contributed by atoms with Crippen LogP contribution in [0.4, 0.5) is 0 Å². The normalized spacial score (nSPS) is 10.9. The Morgan fingerprint density at radius 3 is 2.67 bits per heavy atom. The Hall–Kier alpha value is -1.81. The van der Waals surface area contributed by atoms with E-state index < -0.39 is 0 Å². The third-order valence-corrected chi connectivity index (χ3v) is 3.01. The summed E-state index contributed by atoms with van der Waals surface area (Å²) in [5, 5.41) is 1.12. The highest BCUT2D eigenvalue weighted by molar-refractivity contribution is 9.09. The molecule has 0 saturated carbocycles. The molecule has 0 bridgehead atoms. The van der Waals surface area contributed by atoms with Gasteiger partial charge < -0.3 is 9.15 Å². The van der Waals surface area contributed by atoms with Crippen molar-refractivity contribution in [3.63, 3.8) is 0 Å². The van der Waals surface area contributed by atoms with E-state index in [-0.39, 0.29) is 5.43 Å². The van der Waals surface area contributed by atoms with Gasteiger partial charge in [-0.3, -0.25) is 4.79 Å². The fraction of sp³-hybridized carbons (Fsp3) is 0.0714. The van der Waals surface area contributed by atoms with Crippen LogP contribution in [0.25, 0.3) is 21.9 Å². The van der Waals surface area contributed by atoms with Crippen molar-refractivity contribution in [2.45, 2.75) is 0 Å². The molecular weight excluding hydrogens is 296 g/mol. The zero-order valence-corrected chi connectivity index (χ0v) is 10.9. The predicted octanol–water partition coefficient (Wildman–Crippen LogP) is 3.68. The van der Waals surface area contributed by atoms with Gasteiger partial charge in [-0.15, -0.1) is 0 Å². The van der Waals surface area contributed by atoms with Gasteiger partial charge in [0.2, 0.25) is 5.43 Å². The van der Waals surface area contributed by atoms with Crippen LogP contribution in [0, 0.1) is 0 Å². The van der Waals surface area contributed by atoms with E-state index in [0.29, 0.717) is 33.2 Å². The van der Waals surface area contributed by atoms with Crippen LogP contribution in [0.2, 0.25) is 0 Å². The van der Waals surface area contributed by atoms with E-state index in [1.165, 1.54) is 0 Å². The first-order chi connectivity index (χ1) is 8.81. The second-order valence-corrected chi connectivity index (χ2v) is 4.27. The molecule has 90 valence electrons. The van der Waals surface area contributed by atoms with Gasteiger partial charge in [0.25, 0.3) is 0 Å². The molecule has 0 N–H and O–H groups in total. The Bertz CT molecular complexity index is 777. The van der Waals surface area contributed by atoms with Gasteiger partial charge in [-0.25, -0.2) is 0 Å². The molecule has 1 aromatic heterocycles. The molecule has 0 saturated heterocycles. The largest absolute Gasteiger partial charge is 0.478 e. The van der Waals surface area contributed by atoms with E-state index in [0.717, 1.165) is 0 Å². The van der Waals surface area contributed by atoms with Gasteiger partial charge in [-0.2, -0.15) is 0 Å². The third-order valence-electron chi connectivity index (χ3n) is 2.78. The fourth-order valence-corrected chi connectivity index (χ4v) is 2.22. The highest BCUT2D eigenvalue weighted by atomic mass is 79.9. The van der Waals surface area contributed by atoms with Gasteiger partial charge in [0, 0.05) is 0 Å². The summed E-state index contributed by atoms with van der Waals surface area (Å²) in [6.45, 7) is 0. The molecule has 3 nitrogen and oxygen atoms in total. The van der Waals surface area contributed by atoms with Crippen molar-refractivity contribution in [1.82, 2.24) is 0 Å². The molecule has 2 aromatic carbocycles. The smallest absolute Gasteiger partial charge is 0.200 e. The van der Waals surface area contributed by atoms with Crippen molar-refractivity contribution < 1.29 is 9.15 Å². The minimum absolute atomic E-state index is 0.0353. The number of ether oxygens (including phenoxy) is 1. The minimum atomic E-state index is -0.0353. The lowest BCUT2D eigenvalue weighted by molar-refractivity contribution is 0.395. The number of hydrogen-bond acceptors (Lipinski definition) is 3. The van der Waals surface area contributed by atoms with Crippen LogP contribution in [0.1, 0.15) is 0 Å². The average Bonchev–Trinajstić information content (AvgIpc) is 2.40. The van der Waals surface area contributed by atoms with Crippen LogP contribution in [0.3, 0.4) is 0 Å². The Balaban J connectivity index is 2.47. The van der Waals surface area contributed by atoms with E-state index in [2.05, 4.69) is 15.9 Å². The summed E-state index contributed by atoms with van der Waals surface area (Å²) in [5.74, 6) is 0.562. The van der Waals surface area contributed by atoms with E-state index in [4.69, 9.17) is 9.15 Å². The van der Waals surface area contributed by atoms with Crippen LogP contribution < -0.4 is 10.2 Å². The summed E-state index contributed by atoms with van der Waals surface area (Å²) in [6, 6.07) is 12.5. The van der Waals surface area contributed by atoms with Crippen LogP contribution >= 0.6 is 15.9 Å². The molecule has 0 unspecified atom stereocenters. The molecule has 1 heterocycles. The fourth-order valence-electron chi connectivity index (χ4n) is 1.97. The van der Waals surface area contributed by atoms with Gasteiger partial charge in [-0.1, -0.05) is 18.2 Å². The molecule has 0 fully saturated rings. The van der Waals surface area contributed by atoms with E-state index in [9.17, 15) is 4.79 Å². The molecule has 0 atom stereocenters. The van der Waals surface area contributed by atoms with Gasteiger partial charge >= 0.3 is 0 Å². The van der Waals surface area contributed by atoms with E-state index >= 15 is 0 Å². The zero-order valence-electron chi connectivity index (χ0n) is 9.35. The molecule has 0 aliphatic rings. The topological polar surface area (TPSA) is 39.4 Å². The molecule has 4 heteroatoms. The van der Waals surface area contributed by atoms with Crippen molar-refractivity contribution in [2.24, 2.45) is 0 Å². The quantitative estimate of drug-likeness (QED) is 0.535. The van der Waals surface area contributed by atoms with Gasteiger partial charge in [0.05, 0.1) is 10.8 Å². The highest BCUT2D eigenvalue weighted by Crippen LogP contribution is 2.27. The summed E-state index contributed by atoms with van der Waals surface area (Å²) in [6.07, 6.45) is 0. The summed E-state index contributed by atoms with van der Waals surface area (Å²) in [7, 11) is 0. The number of hydrogen-bond donors (Lipinski definition) is 0. The van der Waals surface area contributed by atoms with Gasteiger partial charge in [-0.05, 0) is 40.2 Å². The Morgan fingerprint density at radius 1 is 1.06 bits per heavy atom. The summed E-state index contributed by atoms with van der Waals surface area (Å²) in [5.41, 5.74) is 1.37. The molecule has 0 aliphatic heterocycles. The second-order valence-electron chi connectivity index (χ2n) is 3.81. The van der Waals surface area contributed by atoms with Crippen LogP contribution in [-0.4, -0.2) is 5.52 Å². The summed E-state index contributed by atoms with van der Waals surface area (Å²) in [4.78, 5) is 12.3. The lowest BCUT2D eigenvalue weighted by Crippen LogP contribution is -2.02. The number of benzene rings is 2. The van der Waals surface area contributed by atoms with Crippen molar-refractivity contribution in [3.05, 3.63) is 52.7 Å². The van der Waals surface area contributed by atoms with Crippen molar-refractivity contribution in [3.8, 4) is 5.75 Å². The van der Waals surface area contributed by atoms with E-state index in [1.807, 2.05) is 12.1 Å². The lowest BCUT2D eigenvalue weighted by atomic mass is 10.1. The van der Waals surface area contributed by atoms with Crippen molar-refractivity contribution in [1.29, 1.82) is 0 Å². The lowest BCUT2D eigenvalue weighted by Gasteiger charge is -2.06. The van der Waals surface area contributed by atoms with Crippen molar-refractivity contribution >= 4 is 37.9 Å². The van der Waals surface area contributed by atoms with Gasteiger partial charge in [0.15, 0.2) is 11.3 Å². The Morgan fingerprint density at radius 2 is 1.83 bits per heavy atom. The molecule has 0 spiro atoms. The number of alkyl halides is 1. The minimum Gasteiger partial charge on any atom is -0.478 e. The number of fused-ring (bicyclic) bond motifs is 2. The molecule has 18 heavy (non-hydrogen) atoms.